The lowest BCUT2D eigenvalue weighted by Gasteiger charge is -2.44. The maximum atomic E-state index is 10.3. The van der Waals surface area contributed by atoms with E-state index in [4.69, 9.17) is 5.11 Å². The maximum absolute atomic E-state index is 10.3. The van der Waals surface area contributed by atoms with Gasteiger partial charge in [0.15, 0.2) is 5.76 Å². The fraction of sp³-hybridized carbons (Fsp3) is 0.706. The number of isocyanates is 2. The van der Waals surface area contributed by atoms with Gasteiger partial charge in [-0.05, 0) is 43.6 Å². The Bertz CT molecular complexity index is 545. The highest BCUT2D eigenvalue weighted by atomic mass is 16.5. The van der Waals surface area contributed by atoms with Crippen molar-refractivity contribution in [1.82, 2.24) is 0 Å². The molecule has 7 nitrogen and oxygen atoms in total. The average Bonchev–Trinajstić information content (AvgIpc) is 2.44. The third kappa shape index (κ3) is 8.42. The van der Waals surface area contributed by atoms with Crippen molar-refractivity contribution in [2.45, 2.75) is 53.0 Å². The largest absolute Gasteiger partial charge is 0.502 e. The Morgan fingerprint density at radius 1 is 1.29 bits per heavy atom. The molecule has 2 atom stereocenters. The molecule has 0 radical (unpaired) electrons. The number of ether oxygens (including phenoxy) is 1. The molecule has 1 N–H and O–H groups in total. The Morgan fingerprint density at radius 3 is 2.33 bits per heavy atom. The first kappa shape index (κ1) is 21.8. The Balaban J connectivity index is 0.000000561. The van der Waals surface area contributed by atoms with E-state index in [9.17, 15) is 14.4 Å². The monoisotopic (exact) mass is 338 g/mol. The summed E-state index contributed by atoms with van der Waals surface area (Å²) in [6.07, 6.45) is 5.88. The summed E-state index contributed by atoms with van der Waals surface area (Å²) in [5.74, 6) is -1.31. The molecule has 1 aliphatic rings. The van der Waals surface area contributed by atoms with Gasteiger partial charge in [-0.1, -0.05) is 20.8 Å². The van der Waals surface area contributed by atoms with Gasteiger partial charge < -0.3 is 9.84 Å². The second-order valence-corrected chi connectivity index (χ2v) is 7.01. The van der Waals surface area contributed by atoms with Crippen molar-refractivity contribution < 1.29 is 24.2 Å². The number of esters is 1. The Hall–Kier alpha value is -2.23. The number of nitrogens with zero attached hydrogens (tertiary/aromatic N) is 2. The predicted octanol–water partition coefficient (Wildman–Crippen LogP) is 2.86. The maximum Gasteiger partial charge on any atom is 0.372 e. The molecule has 134 valence electrons. The number of carbonyl (C=O) groups is 1. The van der Waals surface area contributed by atoms with Crippen LogP contribution < -0.4 is 0 Å². The number of hydrogen-bond donors (Lipinski definition) is 1. The minimum Gasteiger partial charge on any atom is -0.502 e. The van der Waals surface area contributed by atoms with Crippen molar-refractivity contribution in [1.29, 1.82) is 0 Å². The van der Waals surface area contributed by atoms with Crippen LogP contribution in [0.4, 0.5) is 0 Å². The van der Waals surface area contributed by atoms with Gasteiger partial charge >= 0.3 is 5.97 Å². The zero-order chi connectivity index (χ0) is 18.8. The lowest BCUT2D eigenvalue weighted by atomic mass is 9.63. The standard InChI is InChI=1S/C12H18N2O2.C5H8O3/c1-11(2)4-10(14-9-16)5-12(3,6-11)7-13-8-15;1-3-8-5(7)4(2)6/h10H,4-7H2,1-3H3;6H,2-3H2,1H3. The number of rotatable bonds is 5. The number of aliphatic hydroxyl groups excluding tert-OH is 1. The van der Waals surface area contributed by atoms with E-state index in [0.717, 1.165) is 19.3 Å². The lowest BCUT2D eigenvalue weighted by Crippen LogP contribution is -2.39. The molecule has 7 heteroatoms. The Kier molecular flexibility index (Phi) is 8.90. The van der Waals surface area contributed by atoms with Gasteiger partial charge in [0.1, 0.15) is 0 Å². The zero-order valence-corrected chi connectivity index (χ0v) is 14.8. The molecule has 1 saturated carbocycles. The lowest BCUT2D eigenvalue weighted by molar-refractivity contribution is -0.141. The van der Waals surface area contributed by atoms with E-state index in [1.165, 1.54) is 0 Å². The third-order valence-electron chi connectivity index (χ3n) is 3.69. The molecule has 0 bridgehead atoms. The molecule has 0 aliphatic heterocycles. The highest BCUT2D eigenvalue weighted by Gasteiger charge is 2.41. The van der Waals surface area contributed by atoms with E-state index >= 15 is 0 Å². The van der Waals surface area contributed by atoms with Gasteiger partial charge in [-0.2, -0.15) is 0 Å². The van der Waals surface area contributed by atoms with Crippen LogP contribution in [-0.4, -0.2) is 42.4 Å². The van der Waals surface area contributed by atoms with Gasteiger partial charge in [0.2, 0.25) is 12.2 Å². The van der Waals surface area contributed by atoms with Crippen molar-refractivity contribution in [3.05, 3.63) is 12.3 Å². The van der Waals surface area contributed by atoms with Gasteiger partial charge in [-0.15, -0.1) is 0 Å². The van der Waals surface area contributed by atoms with Crippen LogP contribution in [-0.2, 0) is 19.1 Å². The molecule has 1 rings (SSSR count). The minimum atomic E-state index is -0.757. The number of hydrogen-bond acceptors (Lipinski definition) is 7. The van der Waals surface area contributed by atoms with Crippen LogP contribution in [0.1, 0.15) is 47.0 Å². The number of aliphatic hydroxyl groups is 1. The van der Waals surface area contributed by atoms with Crippen LogP contribution in [0.15, 0.2) is 22.3 Å². The van der Waals surface area contributed by atoms with Crippen molar-refractivity contribution in [2.24, 2.45) is 20.8 Å². The molecule has 0 amide bonds. The molecule has 0 aromatic heterocycles. The van der Waals surface area contributed by atoms with Crippen molar-refractivity contribution in [3.63, 3.8) is 0 Å². The van der Waals surface area contributed by atoms with Crippen molar-refractivity contribution in [3.8, 4) is 0 Å². The smallest absolute Gasteiger partial charge is 0.372 e. The Morgan fingerprint density at radius 2 is 1.92 bits per heavy atom. The molecule has 24 heavy (non-hydrogen) atoms. The minimum absolute atomic E-state index is 0.00750. The van der Waals surface area contributed by atoms with E-state index in [-0.39, 0.29) is 23.5 Å². The Labute approximate surface area is 142 Å². The van der Waals surface area contributed by atoms with Crippen LogP contribution in [0.2, 0.25) is 0 Å². The molecule has 2 unspecified atom stereocenters. The molecule has 0 aromatic carbocycles. The highest BCUT2D eigenvalue weighted by molar-refractivity contribution is 5.84. The van der Waals surface area contributed by atoms with Gasteiger partial charge in [0.25, 0.3) is 0 Å². The summed E-state index contributed by atoms with van der Waals surface area (Å²) in [4.78, 5) is 38.2. The topological polar surface area (TPSA) is 105 Å². The van der Waals surface area contributed by atoms with Crippen molar-refractivity contribution in [2.75, 3.05) is 13.2 Å². The van der Waals surface area contributed by atoms with E-state index in [0.29, 0.717) is 6.54 Å². The van der Waals surface area contributed by atoms with Gasteiger partial charge in [0, 0.05) is 0 Å². The number of aliphatic imine (C=N–C) groups is 2. The van der Waals surface area contributed by atoms with Gasteiger partial charge in [-0.3, -0.25) is 0 Å². The summed E-state index contributed by atoms with van der Waals surface area (Å²) in [5, 5.41) is 8.28. The fourth-order valence-electron chi connectivity index (χ4n) is 3.30. The first-order valence-corrected chi connectivity index (χ1v) is 7.75. The molecule has 0 aromatic rings. The summed E-state index contributed by atoms with van der Waals surface area (Å²) < 4.78 is 4.31. The van der Waals surface area contributed by atoms with Crippen LogP contribution in [0.5, 0.6) is 0 Å². The number of carbonyl (C=O) groups excluding carboxylic acids is 3. The normalized spacial score (nSPS) is 24.2. The van der Waals surface area contributed by atoms with Crippen LogP contribution in [0, 0.1) is 10.8 Å². The summed E-state index contributed by atoms with van der Waals surface area (Å²) in [6, 6.07) is 0.00750. The zero-order valence-electron chi connectivity index (χ0n) is 14.8. The van der Waals surface area contributed by atoms with Crippen LogP contribution in [0.3, 0.4) is 0 Å². The molecule has 1 aliphatic carbocycles. The van der Waals surface area contributed by atoms with E-state index in [1.54, 1.807) is 19.1 Å². The van der Waals surface area contributed by atoms with Gasteiger partial charge in [0.05, 0.1) is 19.2 Å². The van der Waals surface area contributed by atoms with Gasteiger partial charge in [-0.25, -0.2) is 24.4 Å². The third-order valence-corrected chi connectivity index (χ3v) is 3.69. The predicted molar refractivity (Wildman–Crippen MR) is 89.0 cm³/mol. The summed E-state index contributed by atoms with van der Waals surface area (Å²) in [5.41, 5.74) is 0.0561. The average molecular weight is 338 g/mol. The SMILES string of the molecule is C=C(O)C(=O)OCC.CC1(C)CC(N=C=O)CC(C)(CN=C=O)C1. The molecule has 0 heterocycles. The second-order valence-electron chi connectivity index (χ2n) is 7.01. The molecule has 1 fully saturated rings. The molecular formula is C17H26N2O5. The molecule has 0 saturated heterocycles. The van der Waals surface area contributed by atoms with E-state index in [2.05, 4.69) is 42.1 Å². The quantitative estimate of drug-likeness (QED) is 0.273. The summed E-state index contributed by atoms with van der Waals surface area (Å²) in [7, 11) is 0. The van der Waals surface area contributed by atoms with E-state index in [1.807, 2.05) is 0 Å². The van der Waals surface area contributed by atoms with Crippen LogP contribution in [0.25, 0.3) is 0 Å². The first-order chi connectivity index (χ1) is 11.1. The summed E-state index contributed by atoms with van der Waals surface area (Å²) >= 11 is 0. The first-order valence-electron chi connectivity index (χ1n) is 7.75. The fourth-order valence-corrected chi connectivity index (χ4v) is 3.30. The van der Waals surface area contributed by atoms with Crippen LogP contribution >= 0.6 is 0 Å². The molecule has 0 spiro atoms. The van der Waals surface area contributed by atoms with E-state index < -0.39 is 11.7 Å². The van der Waals surface area contributed by atoms with Crippen molar-refractivity contribution >= 4 is 18.1 Å². The summed E-state index contributed by atoms with van der Waals surface area (Å²) in [6.45, 7) is 11.7. The molecular weight excluding hydrogens is 312 g/mol. The highest BCUT2D eigenvalue weighted by Crippen LogP contribution is 2.47. The second kappa shape index (κ2) is 9.81.